The number of esters is 1. The average Bonchev–Trinajstić information content (AvgIpc) is 2.52. The number of nitrogens with one attached hydrogen (secondary N) is 1. The van der Waals surface area contributed by atoms with Crippen molar-refractivity contribution in [2.75, 3.05) is 0 Å². The van der Waals surface area contributed by atoms with Gasteiger partial charge < -0.3 is 14.8 Å². The Balaban J connectivity index is 3.10. The minimum Gasteiger partial charge on any atom is -0.444 e. The quantitative estimate of drug-likeness (QED) is 0.266. The van der Waals surface area contributed by atoms with Crippen LogP contribution in [0.5, 0.6) is 5.75 Å². The summed E-state index contributed by atoms with van der Waals surface area (Å²) in [6.45, 7) is 8.05. The van der Waals surface area contributed by atoms with Crippen LogP contribution in [-0.2, 0) is 9.53 Å². The lowest BCUT2D eigenvalue weighted by molar-refractivity contribution is -0.137. The highest BCUT2D eigenvalue weighted by Gasteiger charge is 2.32. The third-order valence-corrected chi connectivity index (χ3v) is 3.05. The highest BCUT2D eigenvalue weighted by Crippen LogP contribution is 2.29. The van der Waals surface area contributed by atoms with E-state index >= 15 is 0 Å². The summed E-state index contributed by atoms with van der Waals surface area (Å²) in [6.07, 6.45) is -1.05. The predicted molar refractivity (Wildman–Crippen MR) is 84.5 cm³/mol. The maximum Gasteiger partial charge on any atom is 0.408 e. The van der Waals surface area contributed by atoms with Crippen molar-refractivity contribution in [3.8, 4) is 5.75 Å². The van der Waals surface area contributed by atoms with Crippen LogP contribution in [0.2, 0.25) is 0 Å². The fourth-order valence-corrected chi connectivity index (χ4v) is 1.98. The van der Waals surface area contributed by atoms with Crippen LogP contribution < -0.4 is 10.1 Å². The standard InChI is InChI=1S/C17H20F5NO4/c1-7(2)6-8(23-16(25)27-17(3,4)5)15(24)26-14-12(21)10(19)9(18)11(20)13(14)22/h7-8H,6H2,1-5H3,(H,23,25)/t8-/m1/s1. The molecule has 0 aliphatic rings. The van der Waals surface area contributed by atoms with Crippen LogP contribution in [0, 0.1) is 35.0 Å². The molecule has 0 unspecified atom stereocenters. The van der Waals surface area contributed by atoms with E-state index in [9.17, 15) is 31.5 Å². The number of rotatable bonds is 5. The summed E-state index contributed by atoms with van der Waals surface area (Å²) in [6, 6.07) is -1.44. The van der Waals surface area contributed by atoms with Gasteiger partial charge >= 0.3 is 12.1 Å². The largest absolute Gasteiger partial charge is 0.444 e. The summed E-state index contributed by atoms with van der Waals surface area (Å²) in [5.74, 6) is -14.8. The third kappa shape index (κ3) is 6.07. The Morgan fingerprint density at radius 3 is 1.78 bits per heavy atom. The minimum atomic E-state index is -2.38. The molecule has 1 atom stereocenters. The third-order valence-electron chi connectivity index (χ3n) is 3.05. The van der Waals surface area contributed by atoms with Crippen molar-refractivity contribution in [2.45, 2.75) is 52.7 Å². The number of benzene rings is 1. The van der Waals surface area contributed by atoms with E-state index in [0.717, 1.165) is 0 Å². The van der Waals surface area contributed by atoms with Crippen LogP contribution >= 0.6 is 0 Å². The lowest BCUT2D eigenvalue weighted by Crippen LogP contribution is -2.46. The summed E-state index contributed by atoms with van der Waals surface area (Å²) in [4.78, 5) is 24.0. The summed E-state index contributed by atoms with van der Waals surface area (Å²) in [5.41, 5.74) is -0.891. The van der Waals surface area contributed by atoms with Crippen LogP contribution in [0.4, 0.5) is 26.7 Å². The summed E-state index contributed by atoms with van der Waals surface area (Å²) >= 11 is 0. The van der Waals surface area contributed by atoms with Crippen LogP contribution in [0.25, 0.3) is 0 Å². The first-order chi connectivity index (χ1) is 12.2. The Labute approximate surface area is 152 Å². The molecule has 152 valence electrons. The zero-order valence-corrected chi connectivity index (χ0v) is 15.4. The molecule has 0 aliphatic carbocycles. The maximum atomic E-state index is 13.7. The minimum absolute atomic E-state index is 0.0343. The smallest absolute Gasteiger partial charge is 0.408 e. The molecule has 1 amide bonds. The van der Waals surface area contributed by atoms with E-state index in [1.807, 2.05) is 0 Å². The maximum absolute atomic E-state index is 13.7. The van der Waals surface area contributed by atoms with E-state index in [2.05, 4.69) is 10.1 Å². The van der Waals surface area contributed by atoms with E-state index in [-0.39, 0.29) is 12.3 Å². The molecule has 1 aromatic rings. The molecule has 1 aromatic carbocycles. The second-order valence-electron chi connectivity index (χ2n) is 7.15. The van der Waals surface area contributed by atoms with Crippen molar-refractivity contribution in [3.63, 3.8) is 0 Å². The molecular formula is C17H20F5NO4. The van der Waals surface area contributed by atoms with E-state index in [0.29, 0.717) is 0 Å². The zero-order chi connectivity index (χ0) is 21.1. The molecule has 0 aliphatic heterocycles. The lowest BCUT2D eigenvalue weighted by atomic mass is 10.0. The lowest BCUT2D eigenvalue weighted by Gasteiger charge is -2.23. The first-order valence-electron chi connectivity index (χ1n) is 7.97. The van der Waals surface area contributed by atoms with E-state index in [4.69, 9.17) is 4.74 Å². The van der Waals surface area contributed by atoms with Gasteiger partial charge in [-0.25, -0.2) is 22.8 Å². The molecule has 10 heteroatoms. The predicted octanol–water partition coefficient (Wildman–Crippen LogP) is 4.23. The van der Waals surface area contributed by atoms with E-state index < -0.39 is 58.5 Å². The van der Waals surface area contributed by atoms with Crippen LogP contribution in [0.3, 0.4) is 0 Å². The molecule has 27 heavy (non-hydrogen) atoms. The Kier molecular flexibility index (Phi) is 7.16. The number of hydrogen-bond acceptors (Lipinski definition) is 4. The normalized spacial score (nSPS) is 12.7. The van der Waals surface area contributed by atoms with Crippen molar-refractivity contribution in [3.05, 3.63) is 29.1 Å². The van der Waals surface area contributed by atoms with Gasteiger partial charge in [0.15, 0.2) is 0 Å². The Bertz CT molecular complexity index is 702. The molecule has 0 heterocycles. The number of halogens is 5. The van der Waals surface area contributed by atoms with Crippen LogP contribution in [0.1, 0.15) is 41.0 Å². The number of amides is 1. The van der Waals surface area contributed by atoms with Gasteiger partial charge in [0.1, 0.15) is 11.6 Å². The molecule has 1 rings (SSSR count). The van der Waals surface area contributed by atoms with Gasteiger partial charge in [-0.2, -0.15) is 8.78 Å². The topological polar surface area (TPSA) is 64.6 Å². The van der Waals surface area contributed by atoms with Gasteiger partial charge in [0.05, 0.1) is 0 Å². The SMILES string of the molecule is CC(C)C[C@@H](NC(=O)OC(C)(C)C)C(=O)Oc1c(F)c(F)c(F)c(F)c1F. The average molecular weight is 397 g/mol. The Hall–Kier alpha value is -2.39. The molecule has 0 radical (unpaired) electrons. The molecule has 0 saturated heterocycles. The fourth-order valence-electron chi connectivity index (χ4n) is 1.98. The van der Waals surface area contributed by atoms with Gasteiger partial charge in [-0.1, -0.05) is 13.8 Å². The fraction of sp³-hybridized carbons (Fsp3) is 0.529. The first-order valence-corrected chi connectivity index (χ1v) is 7.97. The first kappa shape index (κ1) is 22.7. The van der Waals surface area contributed by atoms with Gasteiger partial charge in [0, 0.05) is 0 Å². The second-order valence-corrected chi connectivity index (χ2v) is 7.15. The molecule has 0 bridgehead atoms. The zero-order valence-electron chi connectivity index (χ0n) is 15.4. The van der Waals surface area contributed by atoms with Gasteiger partial charge in [0.25, 0.3) is 0 Å². The summed E-state index contributed by atoms with van der Waals surface area (Å²) < 4.78 is 76.2. The monoisotopic (exact) mass is 397 g/mol. The molecule has 5 nitrogen and oxygen atoms in total. The number of alkyl carbamates (subject to hydrolysis) is 1. The summed E-state index contributed by atoms with van der Waals surface area (Å²) in [7, 11) is 0. The molecule has 0 spiro atoms. The van der Waals surface area contributed by atoms with Crippen LogP contribution in [-0.4, -0.2) is 23.7 Å². The second kappa shape index (κ2) is 8.53. The molecule has 0 aromatic heterocycles. The number of carbonyl (C=O) groups excluding carboxylic acids is 2. The van der Waals surface area contributed by atoms with Gasteiger partial charge in [-0.05, 0) is 33.1 Å². The van der Waals surface area contributed by atoms with E-state index in [1.165, 1.54) is 0 Å². The number of ether oxygens (including phenoxy) is 2. The Morgan fingerprint density at radius 2 is 1.37 bits per heavy atom. The molecular weight excluding hydrogens is 377 g/mol. The Morgan fingerprint density at radius 1 is 0.926 bits per heavy atom. The van der Waals surface area contributed by atoms with Crippen molar-refractivity contribution in [1.29, 1.82) is 0 Å². The molecule has 0 fully saturated rings. The molecule has 1 N–H and O–H groups in total. The van der Waals surface area contributed by atoms with Crippen molar-refractivity contribution < 1.29 is 41.0 Å². The van der Waals surface area contributed by atoms with Crippen molar-refractivity contribution >= 4 is 12.1 Å². The van der Waals surface area contributed by atoms with Gasteiger partial charge in [-0.15, -0.1) is 0 Å². The number of carbonyl (C=O) groups is 2. The highest BCUT2D eigenvalue weighted by molar-refractivity contribution is 5.83. The summed E-state index contributed by atoms with van der Waals surface area (Å²) in [5, 5.41) is 2.16. The highest BCUT2D eigenvalue weighted by atomic mass is 19.2. The van der Waals surface area contributed by atoms with Gasteiger partial charge in [-0.3, -0.25) is 0 Å². The van der Waals surface area contributed by atoms with Crippen molar-refractivity contribution in [2.24, 2.45) is 5.92 Å². The molecule has 0 saturated carbocycles. The number of hydrogen-bond donors (Lipinski definition) is 1. The van der Waals surface area contributed by atoms with Gasteiger partial charge in [0.2, 0.25) is 34.8 Å². The van der Waals surface area contributed by atoms with E-state index in [1.54, 1.807) is 34.6 Å². The van der Waals surface area contributed by atoms with Crippen molar-refractivity contribution in [1.82, 2.24) is 5.32 Å². The van der Waals surface area contributed by atoms with Crippen LogP contribution in [0.15, 0.2) is 0 Å².